The second-order valence-electron chi connectivity index (χ2n) is 8.62. The molecular formula is C22H29N9O2S. The van der Waals surface area contributed by atoms with Gasteiger partial charge >= 0.3 is 0 Å². The second kappa shape index (κ2) is 9.74. The van der Waals surface area contributed by atoms with E-state index in [0.717, 1.165) is 54.3 Å². The highest BCUT2D eigenvalue weighted by atomic mass is 32.1. The molecule has 5 heterocycles. The highest BCUT2D eigenvalue weighted by Crippen LogP contribution is 2.35. The van der Waals surface area contributed by atoms with Gasteiger partial charge < -0.3 is 26.0 Å². The van der Waals surface area contributed by atoms with Crippen LogP contribution < -0.4 is 16.4 Å². The predicted octanol–water partition coefficient (Wildman–Crippen LogP) is 0.559. The van der Waals surface area contributed by atoms with Crippen LogP contribution in [0.2, 0.25) is 0 Å². The fraction of sp³-hybridized carbons (Fsp3) is 0.500. The number of carbonyl (C=O) groups excluding carboxylic acids is 1. The summed E-state index contributed by atoms with van der Waals surface area (Å²) < 4.78 is 6.62. The van der Waals surface area contributed by atoms with E-state index in [-0.39, 0.29) is 11.9 Å². The van der Waals surface area contributed by atoms with E-state index in [0.29, 0.717) is 32.1 Å². The minimum absolute atomic E-state index is 0.0196. The number of piperazine rings is 1. The van der Waals surface area contributed by atoms with Crippen molar-refractivity contribution in [2.24, 2.45) is 5.73 Å². The average Bonchev–Trinajstić information content (AvgIpc) is 3.26. The van der Waals surface area contributed by atoms with Crippen molar-refractivity contribution in [3.05, 3.63) is 23.3 Å². The van der Waals surface area contributed by atoms with Gasteiger partial charge in [-0.25, -0.2) is 19.9 Å². The number of fused-ring (bicyclic) bond motifs is 1. The zero-order valence-corrected chi connectivity index (χ0v) is 20.0. The van der Waals surface area contributed by atoms with Gasteiger partial charge in [0.15, 0.2) is 11.6 Å². The number of amides is 1. The van der Waals surface area contributed by atoms with E-state index >= 15 is 0 Å². The third-order valence-corrected chi connectivity index (χ3v) is 7.20. The van der Waals surface area contributed by atoms with E-state index in [1.54, 1.807) is 30.7 Å². The Hall–Kier alpha value is -2.93. The maximum atomic E-state index is 12.2. The van der Waals surface area contributed by atoms with E-state index in [1.807, 2.05) is 4.90 Å². The van der Waals surface area contributed by atoms with Gasteiger partial charge in [0, 0.05) is 63.1 Å². The summed E-state index contributed by atoms with van der Waals surface area (Å²) in [6.45, 7) is 8.51. The Morgan fingerprint density at radius 3 is 2.50 bits per heavy atom. The standard InChI is InChI=1S/C22H29N9O2S/c1-14(23)21(32)31-4-2-29(3-5-31)13-16-10-17-18(34-16)20(30-6-8-33-9-7-30)28-19(27-17)15-11-25-22(24)26-12-15/h10-12,14H,2-9,13,23H2,1H3,(H2,24,25,26)/t14-/m0/s1. The number of hydrogen-bond donors (Lipinski definition) is 2. The molecule has 2 fully saturated rings. The molecule has 180 valence electrons. The molecule has 12 heteroatoms. The molecule has 2 aliphatic heterocycles. The van der Waals surface area contributed by atoms with Crippen LogP contribution in [-0.4, -0.2) is 94.2 Å². The highest BCUT2D eigenvalue weighted by molar-refractivity contribution is 7.19. The van der Waals surface area contributed by atoms with E-state index in [9.17, 15) is 4.79 Å². The molecule has 0 unspecified atom stereocenters. The molecule has 0 aliphatic carbocycles. The number of carbonyl (C=O) groups is 1. The molecule has 3 aromatic rings. The number of aromatic nitrogens is 4. The normalized spacial score (nSPS) is 18.4. The Morgan fingerprint density at radius 1 is 1.12 bits per heavy atom. The quantitative estimate of drug-likeness (QED) is 0.529. The van der Waals surface area contributed by atoms with Gasteiger partial charge in [0.1, 0.15) is 0 Å². The topological polar surface area (TPSA) is 140 Å². The summed E-state index contributed by atoms with van der Waals surface area (Å²) >= 11 is 1.73. The number of nitrogens with two attached hydrogens (primary N) is 2. The lowest BCUT2D eigenvalue weighted by Crippen LogP contribution is -2.52. The van der Waals surface area contributed by atoms with Crippen molar-refractivity contribution in [2.45, 2.75) is 19.5 Å². The Morgan fingerprint density at radius 2 is 1.82 bits per heavy atom. The first-order valence-electron chi connectivity index (χ1n) is 11.5. The van der Waals surface area contributed by atoms with Crippen molar-refractivity contribution in [3.63, 3.8) is 0 Å². The number of nitrogens with zero attached hydrogens (tertiary/aromatic N) is 7. The van der Waals surface area contributed by atoms with Gasteiger partial charge in [-0.3, -0.25) is 9.69 Å². The molecule has 0 aromatic carbocycles. The summed E-state index contributed by atoms with van der Waals surface area (Å²) in [6.07, 6.45) is 3.31. The summed E-state index contributed by atoms with van der Waals surface area (Å²) in [5.41, 5.74) is 13.1. The minimum Gasteiger partial charge on any atom is -0.378 e. The first-order chi connectivity index (χ1) is 16.5. The molecular weight excluding hydrogens is 454 g/mol. The van der Waals surface area contributed by atoms with Crippen molar-refractivity contribution in [2.75, 3.05) is 63.1 Å². The molecule has 0 saturated carbocycles. The molecule has 2 saturated heterocycles. The fourth-order valence-electron chi connectivity index (χ4n) is 4.25. The molecule has 2 aliphatic rings. The summed E-state index contributed by atoms with van der Waals surface area (Å²) in [5.74, 6) is 1.75. The monoisotopic (exact) mass is 483 g/mol. The molecule has 4 N–H and O–H groups in total. The molecule has 11 nitrogen and oxygen atoms in total. The molecule has 5 rings (SSSR count). The maximum absolute atomic E-state index is 12.2. The van der Waals surface area contributed by atoms with Crippen LogP contribution in [0.25, 0.3) is 21.6 Å². The molecule has 1 amide bonds. The number of rotatable bonds is 5. The lowest BCUT2D eigenvalue weighted by molar-refractivity contribution is -0.134. The summed E-state index contributed by atoms with van der Waals surface area (Å²) in [4.78, 5) is 37.8. The number of morpholine rings is 1. The predicted molar refractivity (Wildman–Crippen MR) is 131 cm³/mol. The van der Waals surface area contributed by atoms with Gasteiger partial charge in [-0.15, -0.1) is 11.3 Å². The van der Waals surface area contributed by atoms with Crippen molar-refractivity contribution in [1.82, 2.24) is 29.7 Å². The van der Waals surface area contributed by atoms with Crippen LogP contribution in [0.5, 0.6) is 0 Å². The third kappa shape index (κ3) is 4.80. The zero-order chi connectivity index (χ0) is 23.7. The molecule has 3 aromatic heterocycles. The van der Waals surface area contributed by atoms with Crippen molar-refractivity contribution in [3.8, 4) is 11.4 Å². The number of nitrogen functional groups attached to an aromatic ring is 1. The van der Waals surface area contributed by atoms with Crippen LogP contribution in [0, 0.1) is 0 Å². The molecule has 0 bridgehead atoms. The maximum Gasteiger partial charge on any atom is 0.239 e. The van der Waals surface area contributed by atoms with E-state index in [1.165, 1.54) is 4.88 Å². The van der Waals surface area contributed by atoms with Crippen LogP contribution in [0.3, 0.4) is 0 Å². The molecule has 0 spiro atoms. The summed E-state index contributed by atoms with van der Waals surface area (Å²) in [7, 11) is 0. The van der Waals surface area contributed by atoms with Crippen LogP contribution >= 0.6 is 11.3 Å². The van der Waals surface area contributed by atoms with Crippen LogP contribution in [-0.2, 0) is 16.1 Å². The minimum atomic E-state index is -0.452. The smallest absolute Gasteiger partial charge is 0.239 e. The molecule has 34 heavy (non-hydrogen) atoms. The molecule has 0 radical (unpaired) electrons. The Kier molecular flexibility index (Phi) is 6.55. The largest absolute Gasteiger partial charge is 0.378 e. The highest BCUT2D eigenvalue weighted by Gasteiger charge is 2.25. The van der Waals surface area contributed by atoms with Gasteiger partial charge in [0.25, 0.3) is 0 Å². The van der Waals surface area contributed by atoms with Gasteiger partial charge in [-0.2, -0.15) is 0 Å². The van der Waals surface area contributed by atoms with Crippen LogP contribution in [0.1, 0.15) is 11.8 Å². The number of hydrogen-bond acceptors (Lipinski definition) is 11. The van der Waals surface area contributed by atoms with Gasteiger partial charge in [0.05, 0.1) is 35.0 Å². The van der Waals surface area contributed by atoms with Gasteiger partial charge in [-0.05, 0) is 13.0 Å². The number of thiophene rings is 1. The molecule has 1 atom stereocenters. The lowest BCUT2D eigenvalue weighted by Gasteiger charge is -2.35. The SMILES string of the molecule is C[C@H](N)C(=O)N1CCN(Cc2cc3nc(-c4cnc(N)nc4)nc(N4CCOCC4)c3s2)CC1. The second-order valence-corrected chi connectivity index (χ2v) is 9.75. The number of anilines is 2. The van der Waals surface area contributed by atoms with E-state index in [4.69, 9.17) is 26.2 Å². The third-order valence-electron chi connectivity index (χ3n) is 6.10. The van der Waals surface area contributed by atoms with Gasteiger partial charge in [0.2, 0.25) is 11.9 Å². The van der Waals surface area contributed by atoms with E-state index in [2.05, 4.69) is 25.8 Å². The van der Waals surface area contributed by atoms with Crippen LogP contribution in [0.15, 0.2) is 18.5 Å². The summed E-state index contributed by atoms with van der Waals surface area (Å²) in [6, 6.07) is 1.69. The van der Waals surface area contributed by atoms with Crippen molar-refractivity contribution >= 4 is 39.2 Å². The van der Waals surface area contributed by atoms with Gasteiger partial charge in [-0.1, -0.05) is 0 Å². The summed E-state index contributed by atoms with van der Waals surface area (Å²) in [5, 5.41) is 0. The van der Waals surface area contributed by atoms with Crippen molar-refractivity contribution < 1.29 is 9.53 Å². The van der Waals surface area contributed by atoms with Crippen LogP contribution in [0.4, 0.5) is 11.8 Å². The fourth-order valence-corrected chi connectivity index (χ4v) is 5.40. The number of ether oxygens (including phenoxy) is 1. The Bertz CT molecular complexity index is 1150. The Balaban J connectivity index is 1.41. The zero-order valence-electron chi connectivity index (χ0n) is 19.2. The van der Waals surface area contributed by atoms with Crippen molar-refractivity contribution in [1.29, 1.82) is 0 Å². The average molecular weight is 484 g/mol. The Labute approximate surface area is 201 Å². The van der Waals surface area contributed by atoms with E-state index < -0.39 is 6.04 Å². The first kappa shape index (κ1) is 22.8. The first-order valence-corrected chi connectivity index (χ1v) is 12.3. The lowest BCUT2D eigenvalue weighted by atomic mass is 10.2.